The van der Waals surface area contributed by atoms with Gasteiger partial charge in [0.05, 0.1) is 6.10 Å². The fourth-order valence-corrected chi connectivity index (χ4v) is 3.05. The molecule has 2 unspecified atom stereocenters. The molecule has 3 rings (SSSR count). The maximum atomic E-state index is 10.6. The molecule has 4 heteroatoms. The molecule has 4 nitrogen and oxygen atoms in total. The van der Waals surface area contributed by atoms with Crippen LogP contribution in [0.1, 0.15) is 36.2 Å². The molecule has 3 heterocycles. The molecule has 2 bridgehead atoms. The minimum Gasteiger partial charge on any atom is -0.438 e. The summed E-state index contributed by atoms with van der Waals surface area (Å²) in [6.07, 6.45) is 4.40. The average molecular weight is 221 g/mol. The van der Waals surface area contributed by atoms with E-state index in [2.05, 4.69) is 4.90 Å². The quantitative estimate of drug-likeness (QED) is 0.770. The van der Waals surface area contributed by atoms with Crippen molar-refractivity contribution in [1.82, 2.24) is 0 Å². The fourth-order valence-electron chi connectivity index (χ4n) is 3.05. The highest BCUT2D eigenvalue weighted by molar-refractivity contribution is 5.71. The lowest BCUT2D eigenvalue weighted by atomic mass is 10.0. The number of aldehydes is 1. The second-order valence-corrected chi connectivity index (χ2v) is 4.71. The normalized spacial score (nSPS) is 33.1. The number of carbonyl (C=O) groups is 1. The van der Waals surface area contributed by atoms with E-state index in [1.807, 2.05) is 6.07 Å². The summed E-state index contributed by atoms with van der Waals surface area (Å²) in [5.41, 5.74) is 0. The lowest BCUT2D eigenvalue weighted by Crippen LogP contribution is -2.44. The summed E-state index contributed by atoms with van der Waals surface area (Å²) in [5.74, 6) is 1.15. The first-order valence-corrected chi connectivity index (χ1v) is 5.79. The third-order valence-electron chi connectivity index (χ3n) is 3.69. The molecule has 2 atom stereocenters. The van der Waals surface area contributed by atoms with Crippen LogP contribution in [-0.2, 0) is 0 Å². The maximum Gasteiger partial charge on any atom is 0.196 e. The van der Waals surface area contributed by atoms with Gasteiger partial charge in [-0.15, -0.1) is 0 Å². The Hall–Kier alpha value is -1.29. The second kappa shape index (κ2) is 3.63. The molecule has 2 aliphatic rings. The van der Waals surface area contributed by atoms with Crippen molar-refractivity contribution in [2.45, 2.75) is 43.9 Å². The Labute approximate surface area is 93.8 Å². The van der Waals surface area contributed by atoms with E-state index >= 15 is 0 Å². The van der Waals surface area contributed by atoms with Crippen molar-refractivity contribution in [3.8, 4) is 0 Å². The number of anilines is 1. The van der Waals surface area contributed by atoms with Gasteiger partial charge in [0.1, 0.15) is 0 Å². The van der Waals surface area contributed by atoms with Crippen molar-refractivity contribution in [1.29, 1.82) is 0 Å². The number of hydrogen-bond acceptors (Lipinski definition) is 4. The van der Waals surface area contributed by atoms with Crippen molar-refractivity contribution < 1.29 is 14.3 Å². The largest absolute Gasteiger partial charge is 0.438 e. The first-order chi connectivity index (χ1) is 7.78. The summed E-state index contributed by atoms with van der Waals surface area (Å²) in [7, 11) is 0. The fraction of sp³-hybridized carbons (Fsp3) is 0.583. The van der Waals surface area contributed by atoms with E-state index in [-0.39, 0.29) is 6.10 Å². The molecular weight excluding hydrogens is 206 g/mol. The highest BCUT2D eigenvalue weighted by Gasteiger charge is 2.41. The molecule has 0 saturated carbocycles. The Morgan fingerprint density at radius 1 is 1.31 bits per heavy atom. The molecule has 0 radical (unpaired) electrons. The van der Waals surface area contributed by atoms with E-state index < -0.39 is 0 Å². The molecule has 2 aliphatic heterocycles. The summed E-state index contributed by atoms with van der Waals surface area (Å²) in [5, 5.41) is 9.69. The molecule has 16 heavy (non-hydrogen) atoms. The van der Waals surface area contributed by atoms with Crippen molar-refractivity contribution in [2.24, 2.45) is 0 Å². The summed E-state index contributed by atoms with van der Waals surface area (Å²) >= 11 is 0. The van der Waals surface area contributed by atoms with E-state index in [4.69, 9.17) is 4.42 Å². The van der Waals surface area contributed by atoms with Gasteiger partial charge in [0.25, 0.3) is 0 Å². The minimum atomic E-state index is -0.172. The Kier molecular flexibility index (Phi) is 2.24. The number of rotatable bonds is 2. The number of furan rings is 1. The molecule has 86 valence electrons. The third kappa shape index (κ3) is 1.45. The summed E-state index contributed by atoms with van der Waals surface area (Å²) in [4.78, 5) is 12.8. The van der Waals surface area contributed by atoms with Crippen LogP contribution in [0.2, 0.25) is 0 Å². The second-order valence-electron chi connectivity index (χ2n) is 4.71. The van der Waals surface area contributed by atoms with Gasteiger partial charge in [0, 0.05) is 18.2 Å². The maximum absolute atomic E-state index is 10.6. The number of hydrogen-bond donors (Lipinski definition) is 1. The molecule has 1 aromatic rings. The highest BCUT2D eigenvalue weighted by Crippen LogP contribution is 2.39. The van der Waals surface area contributed by atoms with E-state index in [9.17, 15) is 9.90 Å². The summed E-state index contributed by atoms with van der Waals surface area (Å²) in [6, 6.07) is 4.30. The van der Waals surface area contributed by atoms with Gasteiger partial charge in [-0.3, -0.25) is 4.79 Å². The van der Waals surface area contributed by atoms with Gasteiger partial charge < -0.3 is 14.4 Å². The van der Waals surface area contributed by atoms with Crippen LogP contribution in [0.3, 0.4) is 0 Å². The first kappa shape index (κ1) is 9.90. The Morgan fingerprint density at radius 3 is 2.56 bits per heavy atom. The number of aliphatic hydroxyl groups is 1. The van der Waals surface area contributed by atoms with Gasteiger partial charge in [-0.1, -0.05) is 0 Å². The molecule has 0 aromatic carbocycles. The van der Waals surface area contributed by atoms with Crippen LogP contribution in [0.5, 0.6) is 0 Å². The number of aliphatic hydroxyl groups excluding tert-OH is 1. The predicted molar refractivity (Wildman–Crippen MR) is 58.6 cm³/mol. The molecule has 1 N–H and O–H groups in total. The van der Waals surface area contributed by atoms with Gasteiger partial charge >= 0.3 is 0 Å². The van der Waals surface area contributed by atoms with Crippen LogP contribution in [0, 0.1) is 0 Å². The standard InChI is InChI=1S/C12H15NO3/c14-7-11-3-4-12(16-11)13-8-1-2-9(13)6-10(15)5-8/h3-4,7-10,15H,1-2,5-6H2. The molecule has 0 aliphatic carbocycles. The van der Waals surface area contributed by atoms with E-state index in [1.54, 1.807) is 6.07 Å². The van der Waals surface area contributed by atoms with Gasteiger partial charge in [-0.2, -0.15) is 0 Å². The zero-order chi connectivity index (χ0) is 11.1. The van der Waals surface area contributed by atoms with Crippen LogP contribution in [0.15, 0.2) is 16.5 Å². The monoisotopic (exact) mass is 221 g/mol. The first-order valence-electron chi connectivity index (χ1n) is 5.79. The third-order valence-corrected chi connectivity index (χ3v) is 3.69. The Morgan fingerprint density at radius 2 is 2.00 bits per heavy atom. The SMILES string of the molecule is O=Cc1ccc(N2C3CCC2CC(O)C3)o1. The van der Waals surface area contributed by atoms with E-state index in [0.29, 0.717) is 17.8 Å². The lowest BCUT2D eigenvalue weighted by molar-refractivity contribution is 0.109. The Bertz CT molecular complexity index is 387. The number of fused-ring (bicyclic) bond motifs is 2. The molecule has 2 fully saturated rings. The predicted octanol–water partition coefficient (Wildman–Crippen LogP) is 1.58. The summed E-state index contributed by atoms with van der Waals surface area (Å²) in [6.45, 7) is 0. The number of nitrogens with zero attached hydrogens (tertiary/aromatic N) is 1. The van der Waals surface area contributed by atoms with Crippen molar-refractivity contribution in [2.75, 3.05) is 4.90 Å². The van der Waals surface area contributed by atoms with E-state index in [1.165, 1.54) is 0 Å². The smallest absolute Gasteiger partial charge is 0.196 e. The average Bonchev–Trinajstić information content (AvgIpc) is 2.81. The van der Waals surface area contributed by atoms with Crippen molar-refractivity contribution in [3.63, 3.8) is 0 Å². The lowest BCUT2D eigenvalue weighted by Gasteiger charge is -2.36. The highest BCUT2D eigenvalue weighted by atomic mass is 16.4. The van der Waals surface area contributed by atoms with Crippen molar-refractivity contribution >= 4 is 12.2 Å². The van der Waals surface area contributed by atoms with E-state index in [0.717, 1.165) is 37.9 Å². The van der Waals surface area contributed by atoms with Gasteiger partial charge in [0.15, 0.2) is 17.9 Å². The van der Waals surface area contributed by atoms with Gasteiger partial charge in [-0.25, -0.2) is 0 Å². The molecule has 0 amide bonds. The summed E-state index contributed by atoms with van der Waals surface area (Å²) < 4.78 is 5.46. The van der Waals surface area contributed by atoms with Crippen LogP contribution in [0.4, 0.5) is 5.88 Å². The molecular formula is C12H15NO3. The van der Waals surface area contributed by atoms with Crippen LogP contribution >= 0.6 is 0 Å². The number of piperidine rings is 1. The zero-order valence-electron chi connectivity index (χ0n) is 9.00. The zero-order valence-corrected chi connectivity index (χ0v) is 9.00. The Balaban J connectivity index is 1.87. The molecule has 2 saturated heterocycles. The minimum absolute atomic E-state index is 0.172. The van der Waals surface area contributed by atoms with Crippen LogP contribution in [0.25, 0.3) is 0 Å². The van der Waals surface area contributed by atoms with Gasteiger partial charge in [0.2, 0.25) is 0 Å². The molecule has 0 spiro atoms. The van der Waals surface area contributed by atoms with Crippen LogP contribution < -0.4 is 4.90 Å². The topological polar surface area (TPSA) is 53.7 Å². The van der Waals surface area contributed by atoms with Crippen LogP contribution in [-0.4, -0.2) is 29.6 Å². The number of carbonyl (C=O) groups excluding carboxylic acids is 1. The molecule has 1 aromatic heterocycles. The van der Waals surface area contributed by atoms with Gasteiger partial charge in [-0.05, 0) is 31.7 Å². The van der Waals surface area contributed by atoms with Crippen molar-refractivity contribution in [3.05, 3.63) is 17.9 Å².